The Morgan fingerprint density at radius 1 is 1.10 bits per heavy atom. The van der Waals surface area contributed by atoms with Gasteiger partial charge in [-0.25, -0.2) is 9.78 Å². The van der Waals surface area contributed by atoms with Crippen LogP contribution in [0.1, 0.15) is 97.1 Å². The number of carbonyl (C=O) groups excluding carboxylic acids is 3. The number of benzene rings is 3. The van der Waals surface area contributed by atoms with Crippen LogP contribution in [0, 0.1) is 0 Å². The number of aromatic nitrogens is 2. The van der Waals surface area contributed by atoms with Crippen LogP contribution >= 0.6 is 0 Å². The monoisotopic (exact) mass is 653 g/mol. The van der Waals surface area contributed by atoms with Crippen molar-refractivity contribution in [2.45, 2.75) is 76.7 Å². The van der Waals surface area contributed by atoms with Gasteiger partial charge in [-0.2, -0.15) is 0 Å². The van der Waals surface area contributed by atoms with Gasteiger partial charge in [0.05, 0.1) is 24.2 Å². The molecule has 1 unspecified atom stereocenters. The molecule has 0 saturated carbocycles. The van der Waals surface area contributed by atoms with Gasteiger partial charge in [0.1, 0.15) is 34.4 Å². The van der Waals surface area contributed by atoms with Crippen molar-refractivity contribution >= 4 is 34.8 Å². The highest BCUT2D eigenvalue weighted by Crippen LogP contribution is 2.44. The van der Waals surface area contributed by atoms with Crippen LogP contribution in [0.4, 0.5) is 0 Å². The molecule has 10 nitrogen and oxygen atoms in total. The van der Waals surface area contributed by atoms with Gasteiger partial charge in [-0.3, -0.25) is 9.59 Å². The number of nitrogens with zero attached hydrogens (tertiary/aromatic N) is 1. The number of aryl methyl sites for hydroxylation is 1. The number of hydrogen-bond donors (Lipinski definition) is 4. The van der Waals surface area contributed by atoms with Crippen molar-refractivity contribution in [3.8, 4) is 17.2 Å². The van der Waals surface area contributed by atoms with E-state index in [1.807, 2.05) is 30.3 Å². The highest BCUT2D eigenvalue weighted by molar-refractivity contribution is 5.98. The maximum Gasteiger partial charge on any atom is 0.342 e. The van der Waals surface area contributed by atoms with E-state index in [4.69, 9.17) is 9.47 Å². The van der Waals surface area contributed by atoms with E-state index in [0.29, 0.717) is 69.2 Å². The molecule has 10 heteroatoms. The second kappa shape index (κ2) is 16.1. The molecule has 0 aliphatic carbocycles. The Morgan fingerprint density at radius 3 is 2.65 bits per heavy atom. The minimum Gasteiger partial charge on any atom is -0.507 e. The highest BCUT2D eigenvalue weighted by Gasteiger charge is 2.31. The van der Waals surface area contributed by atoms with Gasteiger partial charge in [-0.15, -0.1) is 0 Å². The smallest absolute Gasteiger partial charge is 0.342 e. The molecule has 1 amide bonds. The van der Waals surface area contributed by atoms with Crippen LogP contribution in [0.2, 0.25) is 0 Å². The normalized spacial score (nSPS) is 17.2. The lowest BCUT2D eigenvalue weighted by atomic mass is 9.84. The largest absolute Gasteiger partial charge is 0.507 e. The number of hydrogen-bond acceptors (Lipinski definition) is 8. The van der Waals surface area contributed by atoms with Crippen LogP contribution in [0.3, 0.4) is 0 Å². The summed E-state index contributed by atoms with van der Waals surface area (Å²) in [4.78, 5) is 47.0. The number of carbonyl (C=O) groups is 3. The highest BCUT2D eigenvalue weighted by atomic mass is 16.5. The van der Waals surface area contributed by atoms with Crippen molar-refractivity contribution in [1.82, 2.24) is 15.3 Å². The van der Waals surface area contributed by atoms with E-state index in [9.17, 15) is 24.6 Å². The first-order valence-corrected chi connectivity index (χ1v) is 16.6. The lowest BCUT2D eigenvalue weighted by Crippen LogP contribution is -2.27. The number of aromatic hydroxyl groups is 2. The standard InChI is InChI=1S/C38H43N3O7/c1-24-10-8-13-27(42)12-5-3-4-11-26-22-32(43)36(37(45)35(26)38(46)48-24)29(25-17-19-28(47-2)20-18-25)23-34(44)39-21-9-16-33-40-30-14-6-7-15-31(30)41-33/h4,6-7,11,14-15,17-20,22,24,29,43,45H,3,5,8-10,12-13,16,21,23H2,1-2H3,(H,39,44)(H,40,41)/b11-4+/t24-,29?/m0/s1. The fourth-order valence-corrected chi connectivity index (χ4v) is 6.11. The van der Waals surface area contributed by atoms with E-state index >= 15 is 0 Å². The van der Waals surface area contributed by atoms with Gasteiger partial charge < -0.3 is 30.0 Å². The molecule has 0 saturated heterocycles. The van der Waals surface area contributed by atoms with E-state index in [2.05, 4.69) is 15.3 Å². The first kappa shape index (κ1) is 34.2. The minimum atomic E-state index is -0.801. The Balaban J connectivity index is 1.41. The molecular formula is C38H43N3O7. The van der Waals surface area contributed by atoms with E-state index in [1.54, 1.807) is 44.4 Å². The van der Waals surface area contributed by atoms with Crippen molar-refractivity contribution in [2.24, 2.45) is 0 Å². The van der Waals surface area contributed by atoms with Gasteiger partial charge in [0.2, 0.25) is 5.91 Å². The Labute approximate surface area is 280 Å². The third-order valence-corrected chi connectivity index (χ3v) is 8.66. The lowest BCUT2D eigenvalue weighted by Gasteiger charge is -2.23. The molecule has 48 heavy (non-hydrogen) atoms. The number of amides is 1. The zero-order valence-electron chi connectivity index (χ0n) is 27.5. The van der Waals surface area contributed by atoms with Crippen molar-refractivity contribution in [3.05, 3.63) is 88.8 Å². The number of nitrogens with one attached hydrogen (secondary N) is 2. The van der Waals surface area contributed by atoms with Crippen molar-refractivity contribution in [3.63, 3.8) is 0 Å². The maximum atomic E-state index is 13.6. The van der Waals surface area contributed by atoms with Crippen molar-refractivity contribution < 1.29 is 34.1 Å². The summed E-state index contributed by atoms with van der Waals surface area (Å²) >= 11 is 0. The quantitative estimate of drug-likeness (QED) is 0.115. The summed E-state index contributed by atoms with van der Waals surface area (Å²) in [7, 11) is 1.55. The lowest BCUT2D eigenvalue weighted by molar-refractivity contribution is -0.121. The van der Waals surface area contributed by atoms with Gasteiger partial charge in [0.25, 0.3) is 0 Å². The van der Waals surface area contributed by atoms with Crippen LogP contribution in [0.25, 0.3) is 17.1 Å². The second-order valence-electron chi connectivity index (χ2n) is 12.2. The number of esters is 1. The number of ether oxygens (including phenoxy) is 2. The predicted octanol–water partition coefficient (Wildman–Crippen LogP) is 6.74. The third kappa shape index (κ3) is 8.61. The number of ketones is 1. The number of allylic oxidation sites excluding steroid dienone is 1. The summed E-state index contributed by atoms with van der Waals surface area (Å²) in [5.41, 5.74) is 2.76. The zero-order chi connectivity index (χ0) is 34.0. The Bertz CT molecular complexity index is 1740. The number of H-pyrrole nitrogens is 1. The first-order valence-electron chi connectivity index (χ1n) is 16.6. The van der Waals surface area contributed by atoms with E-state index < -0.39 is 23.7 Å². The molecule has 0 bridgehead atoms. The molecule has 2 heterocycles. The molecule has 0 radical (unpaired) electrons. The number of imidazole rings is 1. The molecule has 1 aliphatic rings. The number of aromatic amines is 1. The number of methoxy groups -OCH3 is 1. The molecule has 1 aliphatic heterocycles. The van der Waals surface area contributed by atoms with Crippen LogP contribution in [-0.2, 0) is 20.7 Å². The van der Waals surface area contributed by atoms with Gasteiger partial charge >= 0.3 is 5.97 Å². The summed E-state index contributed by atoms with van der Waals surface area (Å²) in [6.07, 6.45) is 7.39. The van der Waals surface area contributed by atoms with E-state index in [1.165, 1.54) is 6.07 Å². The molecular weight excluding hydrogens is 610 g/mol. The Hall–Kier alpha value is -5.12. The number of Topliss-reactive ketones (excluding diaryl/α,β-unsaturated/α-hetero) is 1. The number of rotatable bonds is 9. The fraction of sp³-hybridized carbons (Fsp3) is 0.368. The number of para-hydroxylation sites is 2. The summed E-state index contributed by atoms with van der Waals surface area (Å²) in [5.74, 6) is -0.902. The predicted molar refractivity (Wildman–Crippen MR) is 183 cm³/mol. The minimum absolute atomic E-state index is 0.0565. The molecule has 4 aromatic rings. The number of phenolic OH excluding ortho intramolecular Hbond substituents is 2. The van der Waals surface area contributed by atoms with E-state index in [-0.39, 0.29) is 40.6 Å². The number of cyclic esters (lactones) is 1. The van der Waals surface area contributed by atoms with Gasteiger partial charge in [-0.1, -0.05) is 36.4 Å². The number of fused-ring (bicyclic) bond motifs is 2. The van der Waals surface area contributed by atoms with Gasteiger partial charge in [0, 0.05) is 43.7 Å². The topological polar surface area (TPSA) is 151 Å². The maximum absolute atomic E-state index is 13.6. The molecule has 5 rings (SSSR count). The van der Waals surface area contributed by atoms with Crippen LogP contribution in [-0.4, -0.2) is 57.6 Å². The van der Waals surface area contributed by atoms with Crippen molar-refractivity contribution in [1.29, 1.82) is 0 Å². The second-order valence-corrected chi connectivity index (χ2v) is 12.2. The molecule has 2 atom stereocenters. The Kier molecular flexibility index (Phi) is 11.5. The summed E-state index contributed by atoms with van der Waals surface area (Å²) in [6, 6.07) is 16.2. The molecule has 1 aromatic heterocycles. The van der Waals surface area contributed by atoms with Crippen LogP contribution in [0.5, 0.6) is 17.2 Å². The fourth-order valence-electron chi connectivity index (χ4n) is 6.11. The number of phenols is 2. The van der Waals surface area contributed by atoms with Gasteiger partial charge in [0.15, 0.2) is 0 Å². The zero-order valence-corrected chi connectivity index (χ0v) is 27.5. The molecule has 3 aromatic carbocycles. The molecule has 4 N–H and O–H groups in total. The van der Waals surface area contributed by atoms with Crippen molar-refractivity contribution in [2.75, 3.05) is 13.7 Å². The molecule has 252 valence electrons. The molecule has 0 spiro atoms. The van der Waals surface area contributed by atoms with E-state index in [0.717, 1.165) is 16.9 Å². The SMILES string of the molecule is COc1ccc(C(CC(=O)NCCCc2nc3ccccc3[nH]2)c2c(O)cc3c(c2O)C(=O)O[C@@H](C)CCCC(=O)CCC/C=C/3)cc1. The van der Waals surface area contributed by atoms with Gasteiger partial charge in [-0.05, 0) is 80.5 Å². The third-order valence-electron chi connectivity index (χ3n) is 8.66. The van der Waals surface area contributed by atoms with Crippen LogP contribution in [0.15, 0.2) is 60.7 Å². The van der Waals surface area contributed by atoms with Crippen LogP contribution < -0.4 is 10.1 Å². The average Bonchev–Trinajstić information content (AvgIpc) is 3.48. The first-order chi connectivity index (χ1) is 23.2. The Morgan fingerprint density at radius 2 is 1.88 bits per heavy atom. The summed E-state index contributed by atoms with van der Waals surface area (Å²) in [6.45, 7) is 2.15. The molecule has 0 fully saturated rings. The summed E-state index contributed by atoms with van der Waals surface area (Å²) < 4.78 is 11.0. The summed E-state index contributed by atoms with van der Waals surface area (Å²) in [5, 5.41) is 26.1. The average molecular weight is 654 g/mol.